The predicted molar refractivity (Wildman–Crippen MR) is 66.9 cm³/mol. The van der Waals surface area contributed by atoms with Gasteiger partial charge in [0, 0.05) is 5.92 Å². The molecule has 2 nitrogen and oxygen atoms in total. The predicted octanol–water partition coefficient (Wildman–Crippen LogP) is 2.25. The third kappa shape index (κ3) is 4.43. The van der Waals surface area contributed by atoms with Crippen molar-refractivity contribution < 1.29 is 10.2 Å². The highest BCUT2D eigenvalue weighted by Gasteiger charge is 2.06. The lowest BCUT2D eigenvalue weighted by Gasteiger charge is -2.10. The van der Waals surface area contributed by atoms with E-state index in [1.807, 2.05) is 43.3 Å². The molecule has 2 heteroatoms. The second-order valence-electron chi connectivity index (χ2n) is 3.73. The molecule has 0 aromatic heterocycles. The van der Waals surface area contributed by atoms with Crippen molar-refractivity contribution >= 4 is 6.08 Å². The fourth-order valence-corrected chi connectivity index (χ4v) is 1.34. The number of hydrogen-bond acceptors (Lipinski definition) is 2. The van der Waals surface area contributed by atoms with Crippen molar-refractivity contribution in [2.75, 3.05) is 6.61 Å². The van der Waals surface area contributed by atoms with Crippen molar-refractivity contribution in [3.63, 3.8) is 0 Å². The monoisotopic (exact) mass is 218 g/mol. The van der Waals surface area contributed by atoms with Crippen molar-refractivity contribution in [1.29, 1.82) is 0 Å². The minimum Gasteiger partial charge on any atom is -0.392 e. The van der Waals surface area contributed by atoms with Gasteiger partial charge in [0.2, 0.25) is 0 Å². The van der Waals surface area contributed by atoms with E-state index in [1.165, 1.54) is 0 Å². The topological polar surface area (TPSA) is 40.5 Å². The Morgan fingerprint density at radius 3 is 2.50 bits per heavy atom. The Morgan fingerprint density at radius 1 is 1.19 bits per heavy atom. The normalized spacial score (nSPS) is 15.7. The van der Waals surface area contributed by atoms with Crippen LogP contribution in [0.1, 0.15) is 12.5 Å². The van der Waals surface area contributed by atoms with E-state index >= 15 is 0 Å². The number of rotatable bonds is 5. The lowest BCUT2D eigenvalue weighted by molar-refractivity contribution is 0.185. The quantitative estimate of drug-likeness (QED) is 0.744. The fourth-order valence-electron chi connectivity index (χ4n) is 1.34. The van der Waals surface area contributed by atoms with Crippen LogP contribution in [0.3, 0.4) is 0 Å². The Labute approximate surface area is 96.6 Å². The zero-order valence-corrected chi connectivity index (χ0v) is 9.45. The third-order valence-corrected chi connectivity index (χ3v) is 2.37. The maximum Gasteiger partial charge on any atom is 0.0784 e. The van der Waals surface area contributed by atoms with Gasteiger partial charge in [0.05, 0.1) is 12.7 Å². The molecule has 1 aromatic rings. The Hall–Kier alpha value is -1.38. The van der Waals surface area contributed by atoms with Gasteiger partial charge in [-0.2, -0.15) is 0 Å². The van der Waals surface area contributed by atoms with Crippen molar-refractivity contribution in [3.05, 3.63) is 54.1 Å². The fraction of sp³-hybridized carbons (Fsp3) is 0.286. The van der Waals surface area contributed by atoms with E-state index in [2.05, 4.69) is 0 Å². The van der Waals surface area contributed by atoms with Gasteiger partial charge in [0.1, 0.15) is 0 Å². The highest BCUT2D eigenvalue weighted by Crippen LogP contribution is 2.09. The molecule has 0 saturated heterocycles. The zero-order chi connectivity index (χ0) is 11.8. The highest BCUT2D eigenvalue weighted by molar-refractivity contribution is 5.49. The molecule has 0 radical (unpaired) electrons. The van der Waals surface area contributed by atoms with E-state index in [9.17, 15) is 5.11 Å². The van der Waals surface area contributed by atoms with Crippen molar-refractivity contribution in [2.45, 2.75) is 13.0 Å². The van der Waals surface area contributed by atoms with Gasteiger partial charge in [0.25, 0.3) is 0 Å². The summed E-state index contributed by atoms with van der Waals surface area (Å²) in [5, 5.41) is 18.4. The van der Waals surface area contributed by atoms with Crippen LogP contribution in [0.25, 0.3) is 6.08 Å². The molecule has 0 saturated carbocycles. The lowest BCUT2D eigenvalue weighted by Crippen LogP contribution is -2.12. The molecular weight excluding hydrogens is 200 g/mol. The van der Waals surface area contributed by atoms with Gasteiger partial charge >= 0.3 is 0 Å². The Morgan fingerprint density at radius 2 is 1.88 bits per heavy atom. The molecule has 0 amide bonds. The number of aliphatic hydroxyl groups excluding tert-OH is 2. The molecule has 0 aliphatic carbocycles. The Bertz CT molecular complexity index is 341. The summed E-state index contributed by atoms with van der Waals surface area (Å²) in [4.78, 5) is 0. The van der Waals surface area contributed by atoms with Crippen LogP contribution >= 0.6 is 0 Å². The summed E-state index contributed by atoms with van der Waals surface area (Å²) >= 11 is 0. The van der Waals surface area contributed by atoms with Gasteiger partial charge in [-0.25, -0.2) is 0 Å². The van der Waals surface area contributed by atoms with Gasteiger partial charge < -0.3 is 10.2 Å². The summed E-state index contributed by atoms with van der Waals surface area (Å²) < 4.78 is 0. The van der Waals surface area contributed by atoms with E-state index < -0.39 is 6.10 Å². The number of benzene rings is 1. The molecule has 0 spiro atoms. The van der Waals surface area contributed by atoms with Crippen LogP contribution in [0.4, 0.5) is 0 Å². The molecule has 0 heterocycles. The largest absolute Gasteiger partial charge is 0.392 e. The van der Waals surface area contributed by atoms with E-state index in [0.717, 1.165) is 5.56 Å². The first-order chi connectivity index (χ1) is 7.74. The van der Waals surface area contributed by atoms with Crippen molar-refractivity contribution in [3.8, 4) is 0 Å². The molecular formula is C14H18O2. The second-order valence-corrected chi connectivity index (χ2v) is 3.73. The smallest absolute Gasteiger partial charge is 0.0784 e. The van der Waals surface area contributed by atoms with E-state index in [-0.39, 0.29) is 12.5 Å². The average Bonchev–Trinajstić information content (AvgIpc) is 2.34. The third-order valence-electron chi connectivity index (χ3n) is 2.37. The van der Waals surface area contributed by atoms with Gasteiger partial charge in [-0.05, 0) is 5.56 Å². The van der Waals surface area contributed by atoms with Gasteiger partial charge in [-0.1, -0.05) is 61.6 Å². The highest BCUT2D eigenvalue weighted by atomic mass is 16.3. The van der Waals surface area contributed by atoms with Crippen LogP contribution < -0.4 is 0 Å². The summed E-state index contributed by atoms with van der Waals surface area (Å²) in [6.07, 6.45) is 6.59. The summed E-state index contributed by atoms with van der Waals surface area (Å²) in [5.74, 6) is 0.00659. The summed E-state index contributed by atoms with van der Waals surface area (Å²) in [7, 11) is 0. The first kappa shape index (κ1) is 12.7. The van der Waals surface area contributed by atoms with Crippen molar-refractivity contribution in [2.24, 2.45) is 5.92 Å². The summed E-state index contributed by atoms with van der Waals surface area (Å²) in [6, 6.07) is 9.84. The van der Waals surface area contributed by atoms with Gasteiger partial charge in [-0.3, -0.25) is 0 Å². The molecule has 1 aromatic carbocycles. The molecule has 0 fully saturated rings. The molecule has 86 valence electrons. The minimum atomic E-state index is -0.525. The molecule has 0 aliphatic heterocycles. The first-order valence-corrected chi connectivity index (χ1v) is 5.43. The lowest BCUT2D eigenvalue weighted by atomic mass is 10.0. The molecule has 0 unspecified atom stereocenters. The molecule has 1 rings (SSSR count). The second kappa shape index (κ2) is 6.99. The first-order valence-electron chi connectivity index (χ1n) is 5.43. The Balaban J connectivity index is 2.54. The molecule has 2 atom stereocenters. The number of aliphatic hydroxyl groups is 2. The van der Waals surface area contributed by atoms with Crippen LogP contribution in [-0.2, 0) is 0 Å². The van der Waals surface area contributed by atoms with E-state index in [4.69, 9.17) is 5.11 Å². The van der Waals surface area contributed by atoms with Gasteiger partial charge in [0.15, 0.2) is 0 Å². The number of hydrogen-bond donors (Lipinski definition) is 2. The maximum atomic E-state index is 9.79. The molecule has 2 N–H and O–H groups in total. The minimum absolute atomic E-state index is 0.00659. The van der Waals surface area contributed by atoms with Crippen LogP contribution in [0.15, 0.2) is 48.6 Å². The standard InChI is InChI=1S/C14H18O2/c1-12(6-5-11-15)14(16)10-9-13-7-3-2-4-8-13/h2-10,12,14-16H,11H2,1H3/b6-5+,10-9+/t12-,14-/m0/s1. The van der Waals surface area contributed by atoms with E-state index in [0.29, 0.717) is 0 Å². The van der Waals surface area contributed by atoms with E-state index in [1.54, 1.807) is 18.2 Å². The molecule has 16 heavy (non-hydrogen) atoms. The Kier molecular flexibility index (Phi) is 5.54. The summed E-state index contributed by atoms with van der Waals surface area (Å²) in [5.41, 5.74) is 1.07. The SMILES string of the molecule is C[C@@H](/C=C/CO)[C@@H](O)/C=C/c1ccccc1. The average molecular weight is 218 g/mol. The molecule has 0 aliphatic rings. The summed E-state index contributed by atoms with van der Waals surface area (Å²) in [6.45, 7) is 1.92. The molecule has 0 bridgehead atoms. The van der Waals surface area contributed by atoms with Crippen LogP contribution in [-0.4, -0.2) is 22.9 Å². The maximum absolute atomic E-state index is 9.79. The van der Waals surface area contributed by atoms with Crippen LogP contribution in [0, 0.1) is 5.92 Å². The van der Waals surface area contributed by atoms with Gasteiger partial charge in [-0.15, -0.1) is 0 Å². The van der Waals surface area contributed by atoms with Crippen LogP contribution in [0.5, 0.6) is 0 Å². The van der Waals surface area contributed by atoms with Crippen LogP contribution in [0.2, 0.25) is 0 Å². The van der Waals surface area contributed by atoms with Crippen molar-refractivity contribution in [1.82, 2.24) is 0 Å². The zero-order valence-electron chi connectivity index (χ0n) is 9.45.